The van der Waals surface area contributed by atoms with Gasteiger partial charge in [0.15, 0.2) is 0 Å². The predicted molar refractivity (Wildman–Crippen MR) is 70.6 cm³/mol. The molecule has 1 aliphatic carbocycles. The zero-order chi connectivity index (χ0) is 13.1. The Morgan fingerprint density at radius 2 is 2.28 bits per heavy atom. The number of aromatic nitrogens is 1. The summed E-state index contributed by atoms with van der Waals surface area (Å²) >= 11 is 0. The quantitative estimate of drug-likeness (QED) is 0.859. The molecule has 1 amide bonds. The summed E-state index contributed by atoms with van der Waals surface area (Å²) < 4.78 is 0. The van der Waals surface area contributed by atoms with Gasteiger partial charge in [0.2, 0.25) is 5.91 Å². The molecule has 2 rings (SSSR count). The molecule has 2 unspecified atom stereocenters. The van der Waals surface area contributed by atoms with Crippen LogP contribution in [0.1, 0.15) is 32.3 Å². The van der Waals surface area contributed by atoms with Crippen molar-refractivity contribution in [1.29, 1.82) is 0 Å². The monoisotopic (exact) mass is 247 g/mol. The Balaban J connectivity index is 2.07. The van der Waals surface area contributed by atoms with E-state index in [0.717, 1.165) is 18.4 Å². The van der Waals surface area contributed by atoms with Gasteiger partial charge in [-0.3, -0.25) is 9.78 Å². The number of nitrogens with two attached hydrogens (primary N) is 1. The van der Waals surface area contributed by atoms with E-state index in [4.69, 9.17) is 5.73 Å². The molecule has 1 aromatic rings. The van der Waals surface area contributed by atoms with Gasteiger partial charge in [-0.25, -0.2) is 0 Å². The van der Waals surface area contributed by atoms with Gasteiger partial charge in [0.1, 0.15) is 0 Å². The van der Waals surface area contributed by atoms with E-state index >= 15 is 0 Å². The van der Waals surface area contributed by atoms with Crippen molar-refractivity contribution in [3.63, 3.8) is 0 Å². The Morgan fingerprint density at radius 1 is 1.56 bits per heavy atom. The minimum atomic E-state index is -0.123. The summed E-state index contributed by atoms with van der Waals surface area (Å²) in [5.41, 5.74) is 6.91. The lowest BCUT2D eigenvalue weighted by Crippen LogP contribution is -2.42. The van der Waals surface area contributed by atoms with Crippen LogP contribution in [0.2, 0.25) is 0 Å². The molecular weight excluding hydrogens is 226 g/mol. The van der Waals surface area contributed by atoms with Gasteiger partial charge in [-0.15, -0.1) is 0 Å². The van der Waals surface area contributed by atoms with Crippen LogP contribution in [0.4, 0.5) is 0 Å². The average molecular weight is 247 g/mol. The second kappa shape index (κ2) is 5.48. The molecule has 0 bridgehead atoms. The first-order valence-electron chi connectivity index (χ1n) is 6.54. The van der Waals surface area contributed by atoms with Crippen molar-refractivity contribution >= 4 is 5.91 Å². The first kappa shape index (κ1) is 13.0. The molecule has 0 spiro atoms. The van der Waals surface area contributed by atoms with Crippen LogP contribution in [0, 0.1) is 5.92 Å². The molecule has 0 aliphatic heterocycles. The number of carbonyl (C=O) groups is 1. The minimum Gasteiger partial charge on any atom is -0.335 e. The van der Waals surface area contributed by atoms with E-state index in [9.17, 15) is 4.79 Å². The molecular formula is C14H21N3O. The second-order valence-corrected chi connectivity index (χ2v) is 5.21. The van der Waals surface area contributed by atoms with Crippen LogP contribution in [0.3, 0.4) is 0 Å². The molecule has 2 N–H and O–H groups in total. The molecule has 1 heterocycles. The SMILES string of the molecule is CC(N)C(C)C(=O)N(Cc1cccnc1)C1CC1. The molecule has 1 aromatic heterocycles. The summed E-state index contributed by atoms with van der Waals surface area (Å²) in [6.45, 7) is 4.44. The largest absolute Gasteiger partial charge is 0.335 e. The summed E-state index contributed by atoms with van der Waals surface area (Å²) in [4.78, 5) is 18.5. The molecule has 2 atom stereocenters. The average Bonchev–Trinajstić information content (AvgIpc) is 3.19. The molecule has 0 saturated heterocycles. The smallest absolute Gasteiger partial charge is 0.227 e. The fourth-order valence-electron chi connectivity index (χ4n) is 1.95. The van der Waals surface area contributed by atoms with Gasteiger partial charge in [-0.05, 0) is 31.4 Å². The van der Waals surface area contributed by atoms with Crippen LogP contribution in [0.15, 0.2) is 24.5 Å². The molecule has 4 heteroatoms. The van der Waals surface area contributed by atoms with E-state index in [1.54, 1.807) is 6.20 Å². The molecule has 18 heavy (non-hydrogen) atoms. The first-order chi connectivity index (χ1) is 8.59. The summed E-state index contributed by atoms with van der Waals surface area (Å²) in [5, 5.41) is 0. The molecule has 1 fully saturated rings. The van der Waals surface area contributed by atoms with Gasteiger partial charge in [0.05, 0.1) is 5.92 Å². The van der Waals surface area contributed by atoms with E-state index in [1.807, 2.05) is 37.1 Å². The number of hydrogen-bond acceptors (Lipinski definition) is 3. The molecule has 0 aromatic carbocycles. The Hall–Kier alpha value is -1.42. The van der Waals surface area contributed by atoms with Crippen LogP contribution in [0.5, 0.6) is 0 Å². The fraction of sp³-hybridized carbons (Fsp3) is 0.571. The third-order valence-corrected chi connectivity index (χ3v) is 3.52. The number of hydrogen-bond donors (Lipinski definition) is 1. The second-order valence-electron chi connectivity index (χ2n) is 5.21. The van der Waals surface area contributed by atoms with E-state index in [-0.39, 0.29) is 17.9 Å². The van der Waals surface area contributed by atoms with Crippen LogP contribution in [-0.4, -0.2) is 27.9 Å². The molecule has 98 valence electrons. The van der Waals surface area contributed by atoms with Crippen LogP contribution in [0.25, 0.3) is 0 Å². The maximum absolute atomic E-state index is 12.4. The predicted octanol–water partition coefficient (Wildman–Crippen LogP) is 1.56. The van der Waals surface area contributed by atoms with Crippen molar-refractivity contribution in [2.45, 2.75) is 45.3 Å². The van der Waals surface area contributed by atoms with Crippen LogP contribution in [-0.2, 0) is 11.3 Å². The van der Waals surface area contributed by atoms with Crippen molar-refractivity contribution in [3.05, 3.63) is 30.1 Å². The van der Waals surface area contributed by atoms with Gasteiger partial charge < -0.3 is 10.6 Å². The number of carbonyl (C=O) groups excluding carboxylic acids is 1. The van der Waals surface area contributed by atoms with Crippen molar-refractivity contribution in [2.24, 2.45) is 11.7 Å². The third-order valence-electron chi connectivity index (χ3n) is 3.52. The van der Waals surface area contributed by atoms with Crippen LogP contribution < -0.4 is 5.73 Å². The number of amides is 1. The molecule has 4 nitrogen and oxygen atoms in total. The lowest BCUT2D eigenvalue weighted by molar-refractivity contribution is -0.136. The summed E-state index contributed by atoms with van der Waals surface area (Å²) in [6.07, 6.45) is 5.78. The topological polar surface area (TPSA) is 59.2 Å². The van der Waals surface area contributed by atoms with Gasteiger partial charge >= 0.3 is 0 Å². The normalized spacial score (nSPS) is 18.2. The molecule has 0 radical (unpaired) electrons. The van der Waals surface area contributed by atoms with Crippen molar-refractivity contribution in [1.82, 2.24) is 9.88 Å². The zero-order valence-electron chi connectivity index (χ0n) is 11.0. The highest BCUT2D eigenvalue weighted by Crippen LogP contribution is 2.29. The molecule has 1 saturated carbocycles. The maximum atomic E-state index is 12.4. The van der Waals surface area contributed by atoms with E-state index < -0.39 is 0 Å². The number of rotatable bonds is 5. The number of pyridine rings is 1. The Bertz CT molecular complexity index is 401. The summed E-state index contributed by atoms with van der Waals surface area (Å²) in [7, 11) is 0. The van der Waals surface area contributed by atoms with Gasteiger partial charge in [0, 0.05) is 31.0 Å². The first-order valence-corrected chi connectivity index (χ1v) is 6.54. The van der Waals surface area contributed by atoms with Crippen molar-refractivity contribution < 1.29 is 4.79 Å². The van der Waals surface area contributed by atoms with Gasteiger partial charge in [0.25, 0.3) is 0 Å². The highest BCUT2D eigenvalue weighted by molar-refractivity contribution is 5.79. The molecule has 1 aliphatic rings. The summed E-state index contributed by atoms with van der Waals surface area (Å²) in [6, 6.07) is 4.21. The van der Waals surface area contributed by atoms with E-state index in [1.165, 1.54) is 0 Å². The Morgan fingerprint density at radius 3 is 2.78 bits per heavy atom. The highest BCUT2D eigenvalue weighted by atomic mass is 16.2. The Labute approximate surface area is 108 Å². The van der Waals surface area contributed by atoms with Crippen LogP contribution >= 0.6 is 0 Å². The standard InChI is InChI=1S/C14H21N3O/c1-10(11(2)15)14(18)17(13-5-6-13)9-12-4-3-7-16-8-12/h3-4,7-8,10-11,13H,5-6,9,15H2,1-2H3. The maximum Gasteiger partial charge on any atom is 0.227 e. The van der Waals surface area contributed by atoms with E-state index in [0.29, 0.717) is 12.6 Å². The highest BCUT2D eigenvalue weighted by Gasteiger charge is 2.35. The number of nitrogens with zero attached hydrogens (tertiary/aromatic N) is 2. The third kappa shape index (κ3) is 3.07. The fourth-order valence-corrected chi connectivity index (χ4v) is 1.95. The van der Waals surface area contributed by atoms with Gasteiger partial charge in [-0.1, -0.05) is 13.0 Å². The van der Waals surface area contributed by atoms with E-state index in [2.05, 4.69) is 4.98 Å². The lowest BCUT2D eigenvalue weighted by atomic mass is 10.0. The van der Waals surface area contributed by atoms with Crippen molar-refractivity contribution in [3.8, 4) is 0 Å². The zero-order valence-corrected chi connectivity index (χ0v) is 11.0. The van der Waals surface area contributed by atoms with Gasteiger partial charge in [-0.2, -0.15) is 0 Å². The minimum absolute atomic E-state index is 0.104. The lowest BCUT2D eigenvalue weighted by Gasteiger charge is -2.27. The van der Waals surface area contributed by atoms with Crippen molar-refractivity contribution in [2.75, 3.05) is 0 Å². The summed E-state index contributed by atoms with van der Waals surface area (Å²) in [5.74, 6) is 0.0404. The Kier molecular flexibility index (Phi) is 3.97.